The average molecular weight is 236 g/mol. The summed E-state index contributed by atoms with van der Waals surface area (Å²) >= 11 is 0. The lowest BCUT2D eigenvalue weighted by Gasteiger charge is -2.23. The third kappa shape index (κ3) is 2.85. The topological polar surface area (TPSA) is 69.8 Å². The van der Waals surface area contributed by atoms with Gasteiger partial charge in [-0.2, -0.15) is 5.10 Å². The van der Waals surface area contributed by atoms with Gasteiger partial charge in [0.2, 0.25) is 0 Å². The zero-order valence-electron chi connectivity index (χ0n) is 10.5. The second-order valence-electron chi connectivity index (χ2n) is 4.67. The fourth-order valence-corrected chi connectivity index (χ4v) is 2.29. The van der Waals surface area contributed by atoms with E-state index < -0.39 is 0 Å². The molecule has 2 rings (SSSR count). The van der Waals surface area contributed by atoms with Crippen LogP contribution in [0.15, 0.2) is 0 Å². The molecule has 1 atom stereocenters. The number of aromatic amines is 1. The predicted molar refractivity (Wildman–Crippen MR) is 66.0 cm³/mol. The maximum Gasteiger partial charge on any atom is 0.255 e. The van der Waals surface area contributed by atoms with Crippen LogP contribution in [0.5, 0.6) is 0 Å². The van der Waals surface area contributed by atoms with Gasteiger partial charge in [0.25, 0.3) is 5.91 Å². The first-order valence-corrected chi connectivity index (χ1v) is 6.21. The fourth-order valence-electron chi connectivity index (χ4n) is 2.29. The minimum Gasteiger partial charge on any atom is -0.350 e. The van der Waals surface area contributed by atoms with Crippen LogP contribution in [0.1, 0.15) is 41.0 Å². The molecule has 5 nitrogen and oxygen atoms in total. The van der Waals surface area contributed by atoms with Crippen LogP contribution >= 0.6 is 0 Å². The first-order chi connectivity index (χ1) is 8.18. The highest BCUT2D eigenvalue weighted by molar-refractivity contribution is 5.96. The lowest BCUT2D eigenvalue weighted by molar-refractivity contribution is 0.0946. The van der Waals surface area contributed by atoms with Crippen LogP contribution in [0.25, 0.3) is 0 Å². The number of carbonyl (C=O) groups excluding carboxylic acids is 1. The van der Waals surface area contributed by atoms with Crippen molar-refractivity contribution >= 4 is 5.91 Å². The van der Waals surface area contributed by atoms with Crippen LogP contribution in [0.4, 0.5) is 0 Å². The van der Waals surface area contributed by atoms with Gasteiger partial charge in [-0.25, -0.2) is 0 Å². The van der Waals surface area contributed by atoms with Crippen LogP contribution < -0.4 is 10.6 Å². The van der Waals surface area contributed by atoms with E-state index in [1.54, 1.807) is 0 Å². The van der Waals surface area contributed by atoms with Gasteiger partial charge in [-0.3, -0.25) is 9.89 Å². The maximum atomic E-state index is 12.0. The Morgan fingerprint density at radius 3 is 2.88 bits per heavy atom. The molecule has 94 valence electrons. The van der Waals surface area contributed by atoms with Crippen molar-refractivity contribution in [3.05, 3.63) is 17.0 Å². The number of carbonyl (C=O) groups is 1. The lowest BCUT2D eigenvalue weighted by Crippen LogP contribution is -2.43. The highest BCUT2D eigenvalue weighted by Crippen LogP contribution is 2.10. The summed E-state index contributed by atoms with van der Waals surface area (Å²) in [7, 11) is 0. The number of amides is 1. The predicted octanol–water partition coefficient (Wildman–Crippen LogP) is 0.898. The van der Waals surface area contributed by atoms with Crippen molar-refractivity contribution in [3.63, 3.8) is 0 Å². The Hall–Kier alpha value is -1.36. The molecule has 2 heterocycles. The first-order valence-electron chi connectivity index (χ1n) is 6.21. The highest BCUT2D eigenvalue weighted by Gasteiger charge is 2.17. The number of hydrogen-bond donors (Lipinski definition) is 3. The summed E-state index contributed by atoms with van der Waals surface area (Å²) in [5.41, 5.74) is 2.27. The summed E-state index contributed by atoms with van der Waals surface area (Å²) in [6, 6.07) is 0.417. The molecule has 0 spiro atoms. The van der Waals surface area contributed by atoms with Crippen molar-refractivity contribution in [2.75, 3.05) is 13.1 Å². The van der Waals surface area contributed by atoms with Crippen molar-refractivity contribution in [1.29, 1.82) is 0 Å². The van der Waals surface area contributed by atoms with Crippen molar-refractivity contribution in [2.45, 2.75) is 39.2 Å². The standard InChI is InChI=1S/C12H20N4O/c1-8-11(9(2)16-15-8)12(17)14-7-10-5-3-4-6-13-10/h10,13H,3-7H2,1-2H3,(H,14,17)(H,15,16). The Morgan fingerprint density at radius 2 is 2.29 bits per heavy atom. The molecular weight excluding hydrogens is 216 g/mol. The van der Waals surface area contributed by atoms with Crippen molar-refractivity contribution in [1.82, 2.24) is 20.8 Å². The summed E-state index contributed by atoms with van der Waals surface area (Å²) in [5, 5.41) is 13.2. The SMILES string of the molecule is Cc1n[nH]c(C)c1C(=O)NCC1CCCCN1. The molecule has 0 aromatic carbocycles. The number of hydrogen-bond acceptors (Lipinski definition) is 3. The molecule has 0 saturated carbocycles. The highest BCUT2D eigenvalue weighted by atomic mass is 16.1. The molecule has 1 aliphatic rings. The summed E-state index contributed by atoms with van der Waals surface area (Å²) in [5.74, 6) is -0.0267. The second kappa shape index (κ2) is 5.31. The van der Waals surface area contributed by atoms with E-state index in [0.29, 0.717) is 18.2 Å². The van der Waals surface area contributed by atoms with E-state index in [-0.39, 0.29) is 5.91 Å². The van der Waals surface area contributed by atoms with Crippen molar-refractivity contribution in [3.8, 4) is 0 Å². The molecule has 17 heavy (non-hydrogen) atoms. The number of aromatic nitrogens is 2. The van der Waals surface area contributed by atoms with Crippen molar-refractivity contribution in [2.24, 2.45) is 0 Å². The quantitative estimate of drug-likeness (QED) is 0.730. The Labute approximate surface area is 101 Å². The van der Waals surface area contributed by atoms with Gasteiger partial charge in [-0.05, 0) is 33.2 Å². The van der Waals surface area contributed by atoms with Crippen LogP contribution in [-0.4, -0.2) is 35.2 Å². The van der Waals surface area contributed by atoms with E-state index in [2.05, 4.69) is 20.8 Å². The molecule has 0 bridgehead atoms. The van der Waals surface area contributed by atoms with E-state index in [0.717, 1.165) is 24.4 Å². The van der Waals surface area contributed by atoms with Gasteiger partial charge < -0.3 is 10.6 Å². The Kier molecular flexibility index (Phi) is 3.78. The molecule has 0 radical (unpaired) electrons. The van der Waals surface area contributed by atoms with E-state index in [9.17, 15) is 4.79 Å². The minimum absolute atomic E-state index is 0.0267. The molecule has 1 unspecified atom stereocenters. The minimum atomic E-state index is -0.0267. The molecular formula is C12H20N4O. The van der Waals surface area contributed by atoms with E-state index >= 15 is 0 Å². The molecule has 1 fully saturated rings. The Balaban J connectivity index is 1.89. The lowest BCUT2D eigenvalue weighted by atomic mass is 10.0. The first kappa shape index (κ1) is 12.1. The van der Waals surface area contributed by atoms with E-state index in [1.807, 2.05) is 13.8 Å². The number of aryl methyl sites for hydroxylation is 2. The smallest absolute Gasteiger partial charge is 0.255 e. The normalized spacial score (nSPS) is 20.2. The monoisotopic (exact) mass is 236 g/mol. The van der Waals surface area contributed by atoms with Gasteiger partial charge in [0.05, 0.1) is 11.3 Å². The van der Waals surface area contributed by atoms with Crippen LogP contribution in [0.2, 0.25) is 0 Å². The molecule has 5 heteroatoms. The molecule has 3 N–H and O–H groups in total. The largest absolute Gasteiger partial charge is 0.350 e. The summed E-state index contributed by atoms with van der Waals surface area (Å²) < 4.78 is 0. The zero-order valence-corrected chi connectivity index (χ0v) is 10.5. The zero-order chi connectivity index (χ0) is 12.3. The van der Waals surface area contributed by atoms with Gasteiger partial charge in [-0.15, -0.1) is 0 Å². The van der Waals surface area contributed by atoms with Crippen LogP contribution in [0, 0.1) is 13.8 Å². The third-order valence-electron chi connectivity index (χ3n) is 3.28. The van der Waals surface area contributed by atoms with Crippen molar-refractivity contribution < 1.29 is 4.79 Å². The molecule has 1 aromatic heterocycles. The summed E-state index contributed by atoms with van der Waals surface area (Å²) in [4.78, 5) is 12.0. The van der Waals surface area contributed by atoms with E-state index in [4.69, 9.17) is 0 Å². The maximum absolute atomic E-state index is 12.0. The summed E-state index contributed by atoms with van der Waals surface area (Å²) in [6.07, 6.45) is 3.63. The number of piperidine rings is 1. The van der Waals surface area contributed by atoms with Gasteiger partial charge in [0.1, 0.15) is 0 Å². The molecule has 1 aromatic rings. The van der Waals surface area contributed by atoms with Crippen LogP contribution in [0.3, 0.4) is 0 Å². The second-order valence-corrected chi connectivity index (χ2v) is 4.67. The Morgan fingerprint density at radius 1 is 1.47 bits per heavy atom. The molecule has 1 aliphatic heterocycles. The average Bonchev–Trinajstić information content (AvgIpc) is 2.67. The van der Waals surface area contributed by atoms with Crippen LogP contribution in [-0.2, 0) is 0 Å². The van der Waals surface area contributed by atoms with Gasteiger partial charge >= 0.3 is 0 Å². The third-order valence-corrected chi connectivity index (χ3v) is 3.28. The Bertz CT molecular complexity index is 374. The number of rotatable bonds is 3. The van der Waals surface area contributed by atoms with Gasteiger partial charge in [-0.1, -0.05) is 6.42 Å². The molecule has 1 saturated heterocycles. The molecule has 1 amide bonds. The molecule has 0 aliphatic carbocycles. The summed E-state index contributed by atoms with van der Waals surface area (Å²) in [6.45, 7) is 5.47. The number of nitrogens with zero attached hydrogens (tertiary/aromatic N) is 1. The number of nitrogens with one attached hydrogen (secondary N) is 3. The number of H-pyrrole nitrogens is 1. The van der Waals surface area contributed by atoms with E-state index in [1.165, 1.54) is 12.8 Å². The van der Waals surface area contributed by atoms with Gasteiger partial charge in [0, 0.05) is 18.3 Å². The fraction of sp³-hybridized carbons (Fsp3) is 0.667. The van der Waals surface area contributed by atoms with Gasteiger partial charge in [0.15, 0.2) is 0 Å².